The van der Waals surface area contributed by atoms with Gasteiger partial charge in [0.2, 0.25) is 12.4 Å². The van der Waals surface area contributed by atoms with Crippen LogP contribution >= 0.6 is 0 Å². The van der Waals surface area contributed by atoms with E-state index < -0.39 is 0 Å². The van der Waals surface area contributed by atoms with E-state index in [4.69, 9.17) is 4.74 Å². The molecule has 23 heavy (non-hydrogen) atoms. The highest BCUT2D eigenvalue weighted by Gasteiger charge is 2.18. The maximum atomic E-state index is 10.8. The molecule has 0 bridgehead atoms. The second-order valence-electron chi connectivity index (χ2n) is 5.12. The van der Waals surface area contributed by atoms with Crippen LogP contribution in [0.5, 0.6) is 5.75 Å². The van der Waals surface area contributed by atoms with Gasteiger partial charge in [0.25, 0.3) is 0 Å². The highest BCUT2D eigenvalue weighted by Crippen LogP contribution is 2.19. The summed E-state index contributed by atoms with van der Waals surface area (Å²) in [5, 5.41) is 11.3. The van der Waals surface area contributed by atoms with Crippen molar-refractivity contribution in [3.05, 3.63) is 30.5 Å². The number of carbonyl (C=O) groups excluding carboxylic acids is 1. The minimum Gasteiger partial charge on any atom is -0.497 e. The van der Waals surface area contributed by atoms with Gasteiger partial charge >= 0.3 is 0 Å². The van der Waals surface area contributed by atoms with Gasteiger partial charge in [-0.05, 0) is 24.3 Å². The highest BCUT2D eigenvalue weighted by atomic mass is 16.5. The molecule has 0 atom stereocenters. The molecule has 120 valence electrons. The van der Waals surface area contributed by atoms with Gasteiger partial charge in [0.15, 0.2) is 5.82 Å². The van der Waals surface area contributed by atoms with Crippen molar-refractivity contribution >= 4 is 23.9 Å². The summed E-state index contributed by atoms with van der Waals surface area (Å²) < 4.78 is 5.13. The molecule has 1 fully saturated rings. The number of rotatable bonds is 5. The third-order valence-electron chi connectivity index (χ3n) is 3.66. The van der Waals surface area contributed by atoms with E-state index in [1.165, 1.54) is 0 Å². The van der Waals surface area contributed by atoms with E-state index in [2.05, 4.69) is 20.5 Å². The second-order valence-corrected chi connectivity index (χ2v) is 5.12. The molecule has 2 heterocycles. The number of aromatic nitrogens is 3. The Hall–Kier alpha value is -2.90. The van der Waals surface area contributed by atoms with Gasteiger partial charge in [-0.25, -0.2) is 0 Å². The second kappa shape index (κ2) is 6.91. The third-order valence-corrected chi connectivity index (χ3v) is 3.66. The average molecular weight is 314 g/mol. The number of anilines is 3. The molecule has 0 radical (unpaired) electrons. The minimum atomic E-state index is 0.564. The molecule has 1 N–H and O–H groups in total. The predicted octanol–water partition coefficient (Wildman–Crippen LogP) is 0.902. The van der Waals surface area contributed by atoms with Gasteiger partial charge in [-0.2, -0.15) is 10.1 Å². The summed E-state index contributed by atoms with van der Waals surface area (Å²) in [6.07, 6.45) is 2.45. The van der Waals surface area contributed by atoms with Gasteiger partial charge in [-0.15, -0.1) is 5.10 Å². The average Bonchev–Trinajstić information content (AvgIpc) is 2.63. The molecule has 1 aliphatic rings. The van der Waals surface area contributed by atoms with Gasteiger partial charge in [-0.1, -0.05) is 0 Å². The number of amides is 1. The number of piperazine rings is 1. The number of carbonyl (C=O) groups is 1. The molecule has 0 spiro atoms. The molecule has 0 saturated carbocycles. The molecular formula is C15H18N6O2. The summed E-state index contributed by atoms with van der Waals surface area (Å²) in [6.45, 7) is 2.74. The van der Waals surface area contributed by atoms with Crippen LogP contribution in [-0.4, -0.2) is 59.8 Å². The molecule has 3 rings (SSSR count). The lowest BCUT2D eigenvalue weighted by Crippen LogP contribution is -2.46. The van der Waals surface area contributed by atoms with Crippen molar-refractivity contribution in [1.29, 1.82) is 0 Å². The summed E-state index contributed by atoms with van der Waals surface area (Å²) in [5.41, 5.74) is 0.892. The Morgan fingerprint density at radius 1 is 1.17 bits per heavy atom. The first-order valence-electron chi connectivity index (χ1n) is 7.33. The fourth-order valence-electron chi connectivity index (χ4n) is 2.34. The number of benzene rings is 1. The molecule has 0 unspecified atom stereocenters. The van der Waals surface area contributed by atoms with Gasteiger partial charge in [0.05, 0.1) is 13.3 Å². The van der Waals surface area contributed by atoms with E-state index >= 15 is 0 Å². The van der Waals surface area contributed by atoms with Crippen LogP contribution in [0.3, 0.4) is 0 Å². The van der Waals surface area contributed by atoms with E-state index in [1.54, 1.807) is 18.2 Å². The Morgan fingerprint density at radius 2 is 1.91 bits per heavy atom. The van der Waals surface area contributed by atoms with Crippen LogP contribution in [0.25, 0.3) is 0 Å². The quantitative estimate of drug-likeness (QED) is 0.821. The molecule has 0 aliphatic carbocycles. The predicted molar refractivity (Wildman–Crippen MR) is 86.0 cm³/mol. The standard InChI is InChI=1S/C15H18N6O2/c1-23-13-4-2-12(3-5-13)17-14-10-16-19-15(18-14)21-8-6-20(11-22)7-9-21/h2-5,10-11H,6-9H2,1H3,(H,17,18,19). The summed E-state index contributed by atoms with van der Waals surface area (Å²) in [7, 11) is 1.63. The first-order chi connectivity index (χ1) is 11.3. The minimum absolute atomic E-state index is 0.564. The Balaban J connectivity index is 1.68. The Morgan fingerprint density at radius 3 is 2.57 bits per heavy atom. The zero-order valence-electron chi connectivity index (χ0n) is 12.8. The van der Waals surface area contributed by atoms with Crippen LogP contribution in [0.2, 0.25) is 0 Å². The summed E-state index contributed by atoms with van der Waals surface area (Å²) in [4.78, 5) is 19.0. The fraction of sp³-hybridized carbons (Fsp3) is 0.333. The SMILES string of the molecule is COc1ccc(Nc2cnnc(N3CCN(C=O)CC3)n2)cc1. The van der Waals surface area contributed by atoms with E-state index in [-0.39, 0.29) is 0 Å². The van der Waals surface area contributed by atoms with Crippen LogP contribution in [0.1, 0.15) is 0 Å². The van der Waals surface area contributed by atoms with Crippen molar-refractivity contribution in [2.75, 3.05) is 43.5 Å². The molecule has 1 aromatic heterocycles. The van der Waals surface area contributed by atoms with Gasteiger partial charge in [0.1, 0.15) is 5.75 Å². The normalized spacial score (nSPS) is 14.5. The van der Waals surface area contributed by atoms with E-state index in [1.807, 2.05) is 29.2 Å². The summed E-state index contributed by atoms with van der Waals surface area (Å²) in [6, 6.07) is 7.56. The first kappa shape index (κ1) is 15.0. The topological polar surface area (TPSA) is 83.5 Å². The van der Waals surface area contributed by atoms with Crippen molar-refractivity contribution in [2.45, 2.75) is 0 Å². The lowest BCUT2D eigenvalue weighted by Gasteiger charge is -2.32. The van der Waals surface area contributed by atoms with E-state index in [0.717, 1.165) is 17.8 Å². The number of hydrogen-bond donors (Lipinski definition) is 1. The molecule has 8 heteroatoms. The highest BCUT2D eigenvalue weighted by molar-refractivity contribution is 5.57. The van der Waals surface area contributed by atoms with E-state index in [0.29, 0.717) is 37.9 Å². The fourth-order valence-corrected chi connectivity index (χ4v) is 2.34. The van der Waals surface area contributed by atoms with Crippen LogP contribution in [0.4, 0.5) is 17.5 Å². The molecule has 1 amide bonds. The van der Waals surface area contributed by atoms with Crippen LogP contribution in [0.15, 0.2) is 30.5 Å². The smallest absolute Gasteiger partial charge is 0.247 e. The number of hydrogen-bond acceptors (Lipinski definition) is 7. The number of methoxy groups -OCH3 is 1. The zero-order valence-corrected chi connectivity index (χ0v) is 12.8. The molecular weight excluding hydrogens is 296 g/mol. The first-order valence-corrected chi connectivity index (χ1v) is 7.33. The molecule has 1 aliphatic heterocycles. The maximum absolute atomic E-state index is 10.8. The van der Waals surface area contributed by atoms with Gasteiger partial charge < -0.3 is 19.9 Å². The number of nitrogens with zero attached hydrogens (tertiary/aromatic N) is 5. The summed E-state index contributed by atoms with van der Waals surface area (Å²) in [5.74, 6) is 1.98. The Kier molecular flexibility index (Phi) is 4.51. The number of ether oxygens (including phenoxy) is 1. The monoisotopic (exact) mass is 314 g/mol. The maximum Gasteiger partial charge on any atom is 0.247 e. The van der Waals surface area contributed by atoms with Crippen molar-refractivity contribution in [1.82, 2.24) is 20.1 Å². The van der Waals surface area contributed by atoms with Crippen LogP contribution in [0, 0.1) is 0 Å². The van der Waals surface area contributed by atoms with Crippen molar-refractivity contribution in [3.63, 3.8) is 0 Å². The molecule has 2 aromatic rings. The number of nitrogens with one attached hydrogen (secondary N) is 1. The van der Waals surface area contributed by atoms with Crippen LogP contribution < -0.4 is 15.0 Å². The van der Waals surface area contributed by atoms with Gasteiger partial charge in [-0.3, -0.25) is 4.79 Å². The van der Waals surface area contributed by atoms with E-state index in [9.17, 15) is 4.79 Å². The largest absolute Gasteiger partial charge is 0.497 e. The van der Waals surface area contributed by atoms with Gasteiger partial charge in [0, 0.05) is 31.9 Å². The van der Waals surface area contributed by atoms with Crippen molar-refractivity contribution in [3.8, 4) is 5.75 Å². The van der Waals surface area contributed by atoms with Crippen molar-refractivity contribution < 1.29 is 9.53 Å². The molecule has 8 nitrogen and oxygen atoms in total. The lowest BCUT2D eigenvalue weighted by molar-refractivity contribution is -0.118. The summed E-state index contributed by atoms with van der Waals surface area (Å²) >= 11 is 0. The molecule has 1 saturated heterocycles. The Bertz CT molecular complexity index is 655. The lowest BCUT2D eigenvalue weighted by atomic mass is 10.3. The van der Waals surface area contributed by atoms with Crippen molar-refractivity contribution in [2.24, 2.45) is 0 Å². The third kappa shape index (κ3) is 3.65. The molecule has 1 aromatic carbocycles. The zero-order chi connectivity index (χ0) is 16.1. The Labute approximate surface area is 134 Å². The van der Waals surface area contributed by atoms with Crippen LogP contribution in [-0.2, 0) is 4.79 Å².